The molecule has 4 heteroatoms. The number of nitrogens with one attached hydrogen (secondary N) is 1. The van der Waals surface area contributed by atoms with Gasteiger partial charge in [0.1, 0.15) is 5.82 Å². The molecule has 1 aromatic heterocycles. The molecule has 66 valence electrons. The second kappa shape index (κ2) is 2.96. The van der Waals surface area contributed by atoms with E-state index in [2.05, 4.69) is 20.9 Å². The molecule has 0 aliphatic rings. The van der Waals surface area contributed by atoms with Gasteiger partial charge in [-0.25, -0.2) is 4.39 Å². The molecule has 2 aromatic rings. The van der Waals surface area contributed by atoms with E-state index < -0.39 is 5.82 Å². The number of fused-ring (bicyclic) bond motifs is 1. The third-order valence-electron chi connectivity index (χ3n) is 1.78. The van der Waals surface area contributed by atoms with Crippen LogP contribution in [0.25, 0.3) is 10.9 Å². The molecule has 0 amide bonds. The van der Waals surface area contributed by atoms with Crippen molar-refractivity contribution in [3.05, 3.63) is 44.9 Å². The molecule has 0 radical (unpaired) electrons. The summed E-state index contributed by atoms with van der Waals surface area (Å²) in [4.78, 5) is 14.1. The minimum Gasteiger partial charge on any atom is -0.360 e. The van der Waals surface area contributed by atoms with Gasteiger partial charge in [0.05, 0.1) is 5.52 Å². The number of H-pyrrole nitrogens is 1. The van der Waals surface area contributed by atoms with E-state index in [4.69, 9.17) is 0 Å². The van der Waals surface area contributed by atoms with Gasteiger partial charge in [0.15, 0.2) is 5.43 Å². The number of aromatic amines is 1. The number of rotatable bonds is 0. The summed E-state index contributed by atoms with van der Waals surface area (Å²) in [6.07, 6.45) is 1.54. The van der Waals surface area contributed by atoms with Crippen molar-refractivity contribution in [2.24, 2.45) is 0 Å². The molecular formula is C9H5BrFNO. The molecule has 0 aliphatic carbocycles. The standard InChI is InChI=1S/C9H5BrFNO/c10-7-4-5(11)3-6-8(13)1-2-12-9(6)7/h1-4H,(H,12,13). The Bertz CT molecular complexity index is 520. The average molecular weight is 242 g/mol. The van der Waals surface area contributed by atoms with Gasteiger partial charge in [0.2, 0.25) is 0 Å². The van der Waals surface area contributed by atoms with E-state index in [9.17, 15) is 9.18 Å². The first kappa shape index (κ1) is 8.44. The summed E-state index contributed by atoms with van der Waals surface area (Å²) in [5, 5.41) is 0.356. The van der Waals surface area contributed by atoms with Crippen LogP contribution in [-0.2, 0) is 0 Å². The smallest absolute Gasteiger partial charge is 0.189 e. The van der Waals surface area contributed by atoms with Crippen LogP contribution in [0.15, 0.2) is 33.7 Å². The third-order valence-corrected chi connectivity index (χ3v) is 2.41. The van der Waals surface area contributed by atoms with Crippen molar-refractivity contribution in [1.82, 2.24) is 4.98 Å². The van der Waals surface area contributed by atoms with Gasteiger partial charge >= 0.3 is 0 Å². The lowest BCUT2D eigenvalue weighted by Gasteiger charge is -1.99. The highest BCUT2D eigenvalue weighted by atomic mass is 79.9. The predicted octanol–water partition coefficient (Wildman–Crippen LogP) is 2.43. The largest absolute Gasteiger partial charge is 0.360 e. The van der Waals surface area contributed by atoms with Crippen molar-refractivity contribution in [2.75, 3.05) is 0 Å². The first-order chi connectivity index (χ1) is 6.18. The van der Waals surface area contributed by atoms with Crippen LogP contribution in [0.2, 0.25) is 0 Å². The summed E-state index contributed by atoms with van der Waals surface area (Å²) in [6, 6.07) is 3.91. The SMILES string of the molecule is O=c1cc[nH]c2c(Br)cc(F)cc12. The Labute approximate surface area is 81.5 Å². The van der Waals surface area contributed by atoms with Gasteiger partial charge in [0, 0.05) is 22.1 Å². The van der Waals surface area contributed by atoms with Gasteiger partial charge in [-0.1, -0.05) is 0 Å². The third kappa shape index (κ3) is 1.37. The lowest BCUT2D eigenvalue weighted by atomic mass is 10.2. The number of hydrogen-bond donors (Lipinski definition) is 1. The fourth-order valence-corrected chi connectivity index (χ4v) is 1.75. The maximum Gasteiger partial charge on any atom is 0.189 e. The van der Waals surface area contributed by atoms with Crippen LogP contribution in [0.3, 0.4) is 0 Å². The highest BCUT2D eigenvalue weighted by Crippen LogP contribution is 2.20. The molecule has 2 rings (SSSR count). The minimum atomic E-state index is -0.420. The van der Waals surface area contributed by atoms with Crippen molar-refractivity contribution >= 4 is 26.8 Å². The van der Waals surface area contributed by atoms with Crippen molar-refractivity contribution in [1.29, 1.82) is 0 Å². The first-order valence-corrected chi connectivity index (χ1v) is 4.44. The zero-order valence-electron chi connectivity index (χ0n) is 6.47. The number of pyridine rings is 1. The van der Waals surface area contributed by atoms with Crippen LogP contribution in [0.1, 0.15) is 0 Å². The van der Waals surface area contributed by atoms with Crippen LogP contribution in [0.5, 0.6) is 0 Å². The van der Waals surface area contributed by atoms with Gasteiger partial charge in [-0.05, 0) is 28.1 Å². The molecule has 0 spiro atoms. The Morgan fingerprint density at radius 2 is 2.15 bits per heavy atom. The minimum absolute atomic E-state index is 0.186. The highest BCUT2D eigenvalue weighted by molar-refractivity contribution is 9.10. The molecule has 2 nitrogen and oxygen atoms in total. The Morgan fingerprint density at radius 1 is 1.38 bits per heavy atom. The van der Waals surface area contributed by atoms with Crippen molar-refractivity contribution < 1.29 is 4.39 Å². The van der Waals surface area contributed by atoms with Gasteiger partial charge in [-0.3, -0.25) is 4.79 Å². The molecular weight excluding hydrogens is 237 g/mol. The van der Waals surface area contributed by atoms with Crippen molar-refractivity contribution in [3.8, 4) is 0 Å². The molecule has 0 unspecified atom stereocenters. The van der Waals surface area contributed by atoms with Gasteiger partial charge in [-0.15, -0.1) is 0 Å². The van der Waals surface area contributed by atoms with E-state index >= 15 is 0 Å². The maximum absolute atomic E-state index is 12.9. The summed E-state index contributed by atoms with van der Waals surface area (Å²) < 4.78 is 13.5. The normalized spacial score (nSPS) is 10.6. The van der Waals surface area contributed by atoms with Crippen molar-refractivity contribution in [2.45, 2.75) is 0 Å². The number of benzene rings is 1. The average Bonchev–Trinajstić information content (AvgIpc) is 2.07. The fourth-order valence-electron chi connectivity index (χ4n) is 1.21. The number of hydrogen-bond acceptors (Lipinski definition) is 1. The molecule has 13 heavy (non-hydrogen) atoms. The van der Waals surface area contributed by atoms with E-state index in [-0.39, 0.29) is 5.43 Å². The Morgan fingerprint density at radius 3 is 2.92 bits per heavy atom. The van der Waals surface area contributed by atoms with Crippen LogP contribution < -0.4 is 5.43 Å². The molecule has 1 aromatic carbocycles. The van der Waals surface area contributed by atoms with E-state index in [0.29, 0.717) is 15.4 Å². The quantitative estimate of drug-likeness (QED) is 0.756. The van der Waals surface area contributed by atoms with Crippen LogP contribution in [-0.4, -0.2) is 4.98 Å². The summed E-state index contributed by atoms with van der Waals surface area (Å²) in [5.74, 6) is -0.420. The van der Waals surface area contributed by atoms with Gasteiger partial charge < -0.3 is 4.98 Å². The molecule has 1 N–H and O–H groups in total. The molecule has 0 saturated carbocycles. The molecule has 0 atom stereocenters. The Kier molecular flexibility index (Phi) is 1.92. The molecule has 0 saturated heterocycles. The highest BCUT2D eigenvalue weighted by Gasteiger charge is 2.03. The first-order valence-electron chi connectivity index (χ1n) is 3.65. The van der Waals surface area contributed by atoms with E-state index in [1.807, 2.05) is 0 Å². The van der Waals surface area contributed by atoms with Gasteiger partial charge in [0.25, 0.3) is 0 Å². The molecule has 0 aliphatic heterocycles. The number of halogens is 2. The number of aromatic nitrogens is 1. The second-order valence-corrected chi connectivity index (χ2v) is 3.51. The Balaban J connectivity index is 3.03. The summed E-state index contributed by atoms with van der Waals surface area (Å²) in [6.45, 7) is 0. The summed E-state index contributed by atoms with van der Waals surface area (Å²) in [5.41, 5.74) is 0.433. The lowest BCUT2D eigenvalue weighted by molar-refractivity contribution is 0.628. The van der Waals surface area contributed by atoms with E-state index in [1.165, 1.54) is 24.4 Å². The van der Waals surface area contributed by atoms with Crippen LogP contribution >= 0.6 is 15.9 Å². The fraction of sp³-hybridized carbons (Fsp3) is 0. The Hall–Kier alpha value is -1.16. The van der Waals surface area contributed by atoms with Crippen molar-refractivity contribution in [3.63, 3.8) is 0 Å². The van der Waals surface area contributed by atoms with Gasteiger partial charge in [-0.2, -0.15) is 0 Å². The monoisotopic (exact) mass is 241 g/mol. The topological polar surface area (TPSA) is 32.9 Å². The van der Waals surface area contributed by atoms with E-state index in [1.54, 1.807) is 0 Å². The predicted molar refractivity (Wildman–Crippen MR) is 52.2 cm³/mol. The van der Waals surface area contributed by atoms with E-state index in [0.717, 1.165) is 0 Å². The van der Waals surface area contributed by atoms with Crippen LogP contribution in [0.4, 0.5) is 4.39 Å². The lowest BCUT2D eigenvalue weighted by Crippen LogP contribution is -2.00. The summed E-state index contributed by atoms with van der Waals surface area (Å²) in [7, 11) is 0. The molecule has 0 bridgehead atoms. The zero-order valence-corrected chi connectivity index (χ0v) is 8.06. The zero-order chi connectivity index (χ0) is 9.42. The molecule has 1 heterocycles. The maximum atomic E-state index is 12.9. The second-order valence-electron chi connectivity index (χ2n) is 2.65. The summed E-state index contributed by atoms with van der Waals surface area (Å²) >= 11 is 3.17. The molecule has 0 fully saturated rings. The van der Waals surface area contributed by atoms with Crippen LogP contribution in [0, 0.1) is 5.82 Å².